The van der Waals surface area contributed by atoms with Gasteiger partial charge in [0.15, 0.2) is 17.2 Å². The van der Waals surface area contributed by atoms with Gasteiger partial charge in [0, 0.05) is 36.6 Å². The molecule has 0 spiro atoms. The van der Waals surface area contributed by atoms with Gasteiger partial charge in [-0.25, -0.2) is 14.5 Å². The molecule has 1 fully saturated rings. The third-order valence-electron chi connectivity index (χ3n) is 5.38. The van der Waals surface area contributed by atoms with Crippen LogP contribution in [0.25, 0.3) is 11.2 Å². The molecular weight excluding hydrogens is 477 g/mol. The zero-order chi connectivity index (χ0) is 21.6. The molecule has 0 radical (unpaired) electrons. The van der Waals surface area contributed by atoms with Crippen molar-refractivity contribution in [3.63, 3.8) is 0 Å². The molecule has 0 aromatic carbocycles. The average molecular weight is 495 g/mol. The van der Waals surface area contributed by atoms with Crippen molar-refractivity contribution in [2.45, 2.75) is 43.9 Å². The normalized spacial score (nSPS) is 19.7. The molecule has 1 saturated carbocycles. The maximum absolute atomic E-state index is 13.3. The second-order valence-corrected chi connectivity index (χ2v) is 8.36. The van der Waals surface area contributed by atoms with Gasteiger partial charge in [0.2, 0.25) is 0 Å². The molecule has 2 atom stereocenters. The molecule has 0 saturated heterocycles. The van der Waals surface area contributed by atoms with Gasteiger partial charge in [-0.1, -0.05) is 0 Å². The average Bonchev–Trinajstić information content (AvgIpc) is 3.34. The van der Waals surface area contributed by atoms with E-state index in [9.17, 15) is 13.2 Å². The van der Waals surface area contributed by atoms with E-state index in [0.29, 0.717) is 4.60 Å². The highest BCUT2D eigenvalue weighted by Crippen LogP contribution is 2.32. The van der Waals surface area contributed by atoms with Crippen LogP contribution in [0.3, 0.4) is 0 Å². The first-order chi connectivity index (χ1) is 14.9. The van der Waals surface area contributed by atoms with Gasteiger partial charge in [0.1, 0.15) is 15.9 Å². The summed E-state index contributed by atoms with van der Waals surface area (Å²) >= 11 is 3.22. The van der Waals surface area contributed by atoms with Crippen molar-refractivity contribution in [2.24, 2.45) is 0 Å². The summed E-state index contributed by atoms with van der Waals surface area (Å²) in [5, 5.41) is 15.2. The molecule has 8 nitrogen and oxygen atoms in total. The molecule has 4 aromatic heterocycles. The molecule has 1 aliphatic rings. The summed E-state index contributed by atoms with van der Waals surface area (Å²) in [6.07, 6.45) is 4.08. The molecule has 31 heavy (non-hydrogen) atoms. The minimum atomic E-state index is -4.54. The number of nitrogens with one attached hydrogen (secondary N) is 2. The van der Waals surface area contributed by atoms with Gasteiger partial charge in [-0.3, -0.25) is 0 Å². The summed E-state index contributed by atoms with van der Waals surface area (Å²) in [5.74, 6) is 1.01. The third kappa shape index (κ3) is 4.03. The van der Waals surface area contributed by atoms with Crippen LogP contribution >= 0.6 is 15.9 Å². The summed E-state index contributed by atoms with van der Waals surface area (Å²) < 4.78 is 43.6. The van der Waals surface area contributed by atoms with E-state index in [-0.39, 0.29) is 23.5 Å². The SMILES string of the molecule is FC(F)(F)c1cc(N[C@H]2CCC[C@@H](Nc3nccn4nccc34)C2)n2nc(Br)cc2n1. The Morgan fingerprint density at radius 1 is 1.10 bits per heavy atom. The van der Waals surface area contributed by atoms with Crippen LogP contribution in [-0.2, 0) is 6.18 Å². The minimum Gasteiger partial charge on any atom is -0.367 e. The lowest BCUT2D eigenvalue weighted by molar-refractivity contribution is -0.141. The van der Waals surface area contributed by atoms with Crippen LogP contribution < -0.4 is 10.6 Å². The fourth-order valence-electron chi connectivity index (χ4n) is 4.02. The number of hydrogen-bond donors (Lipinski definition) is 2. The Labute approximate surface area is 183 Å². The van der Waals surface area contributed by atoms with E-state index in [1.165, 1.54) is 10.6 Å². The number of anilines is 2. The van der Waals surface area contributed by atoms with Crippen molar-refractivity contribution in [3.05, 3.63) is 47.1 Å². The van der Waals surface area contributed by atoms with Gasteiger partial charge >= 0.3 is 6.18 Å². The van der Waals surface area contributed by atoms with Crippen LogP contribution in [0.4, 0.5) is 24.8 Å². The van der Waals surface area contributed by atoms with Gasteiger partial charge in [-0.15, -0.1) is 0 Å². The van der Waals surface area contributed by atoms with Gasteiger partial charge < -0.3 is 10.6 Å². The predicted octanol–water partition coefficient (Wildman–Crippen LogP) is 4.39. The molecule has 2 N–H and O–H groups in total. The maximum Gasteiger partial charge on any atom is 0.433 e. The second kappa shape index (κ2) is 7.66. The summed E-state index contributed by atoms with van der Waals surface area (Å²) in [5.41, 5.74) is 0.0629. The van der Waals surface area contributed by atoms with Crippen molar-refractivity contribution in [3.8, 4) is 0 Å². The fourth-order valence-corrected chi connectivity index (χ4v) is 4.38. The summed E-state index contributed by atoms with van der Waals surface area (Å²) in [6.45, 7) is 0. The van der Waals surface area contributed by atoms with E-state index < -0.39 is 11.9 Å². The fraction of sp³-hybridized carbons (Fsp3) is 0.368. The van der Waals surface area contributed by atoms with E-state index in [1.807, 2.05) is 6.07 Å². The van der Waals surface area contributed by atoms with E-state index >= 15 is 0 Å². The van der Waals surface area contributed by atoms with E-state index in [0.717, 1.165) is 43.1 Å². The molecule has 12 heteroatoms. The van der Waals surface area contributed by atoms with Crippen molar-refractivity contribution >= 4 is 38.7 Å². The zero-order valence-electron chi connectivity index (χ0n) is 16.1. The van der Waals surface area contributed by atoms with E-state index in [2.05, 4.69) is 46.7 Å². The zero-order valence-corrected chi connectivity index (χ0v) is 17.7. The Hall–Kier alpha value is -2.89. The first kappa shape index (κ1) is 20.0. The lowest BCUT2D eigenvalue weighted by atomic mass is 9.91. The van der Waals surface area contributed by atoms with Crippen LogP contribution in [0.2, 0.25) is 0 Å². The predicted molar refractivity (Wildman–Crippen MR) is 112 cm³/mol. The number of nitrogens with zero attached hydrogens (tertiary/aromatic N) is 6. The maximum atomic E-state index is 13.3. The second-order valence-electron chi connectivity index (χ2n) is 7.55. The van der Waals surface area contributed by atoms with E-state index in [4.69, 9.17) is 0 Å². The van der Waals surface area contributed by atoms with Gasteiger partial charge in [0.25, 0.3) is 0 Å². The Balaban J connectivity index is 1.38. The topological polar surface area (TPSA) is 84.4 Å². The Morgan fingerprint density at radius 3 is 2.71 bits per heavy atom. The van der Waals surface area contributed by atoms with Crippen LogP contribution in [0, 0.1) is 0 Å². The molecule has 162 valence electrons. The highest BCUT2D eigenvalue weighted by molar-refractivity contribution is 9.10. The van der Waals surface area contributed by atoms with Crippen molar-refractivity contribution in [1.29, 1.82) is 0 Å². The number of aromatic nitrogens is 6. The summed E-state index contributed by atoms with van der Waals surface area (Å²) in [7, 11) is 0. The van der Waals surface area contributed by atoms with Gasteiger partial charge in [-0.2, -0.15) is 27.9 Å². The first-order valence-corrected chi connectivity index (χ1v) is 10.6. The molecule has 0 unspecified atom stereocenters. The number of hydrogen-bond acceptors (Lipinski definition) is 6. The number of rotatable bonds is 4. The lowest BCUT2D eigenvalue weighted by Gasteiger charge is -2.31. The Morgan fingerprint density at radius 2 is 1.90 bits per heavy atom. The largest absolute Gasteiger partial charge is 0.433 e. The number of halogens is 4. The standard InChI is InChI=1S/C19H18BrF3N8/c20-15-10-17-28-14(19(21,22)23)9-16(31(17)29-15)26-11-2-1-3-12(8-11)27-18-13-4-5-25-30(13)7-6-24-18/h4-7,9-12,26H,1-3,8H2,(H,24,27)/t11-,12+/m0/s1. The van der Waals surface area contributed by atoms with Crippen LogP contribution in [0.5, 0.6) is 0 Å². The van der Waals surface area contributed by atoms with Crippen molar-refractivity contribution in [2.75, 3.05) is 10.6 Å². The quantitative estimate of drug-likeness (QED) is 0.437. The third-order valence-corrected chi connectivity index (χ3v) is 5.77. The lowest BCUT2D eigenvalue weighted by Crippen LogP contribution is -2.35. The summed E-state index contributed by atoms with van der Waals surface area (Å²) in [6, 6.07) is 4.46. The van der Waals surface area contributed by atoms with Crippen molar-refractivity contribution < 1.29 is 13.2 Å². The molecule has 5 rings (SSSR count). The molecule has 0 amide bonds. The molecule has 1 aliphatic carbocycles. The van der Waals surface area contributed by atoms with Crippen LogP contribution in [0.15, 0.2) is 41.4 Å². The number of alkyl halides is 3. The van der Waals surface area contributed by atoms with Crippen LogP contribution in [-0.4, -0.2) is 41.3 Å². The summed E-state index contributed by atoms with van der Waals surface area (Å²) in [4.78, 5) is 8.11. The molecule has 0 aliphatic heterocycles. The molecular formula is C19H18BrF3N8. The Bertz CT molecular complexity index is 1230. The molecule has 0 bridgehead atoms. The van der Waals surface area contributed by atoms with Crippen molar-refractivity contribution in [1.82, 2.24) is 29.2 Å². The Kier molecular flexibility index (Phi) is 4.95. The highest BCUT2D eigenvalue weighted by atomic mass is 79.9. The molecule has 4 heterocycles. The molecule has 4 aromatic rings. The monoisotopic (exact) mass is 494 g/mol. The smallest absolute Gasteiger partial charge is 0.367 e. The van der Waals surface area contributed by atoms with E-state index in [1.54, 1.807) is 23.1 Å². The first-order valence-electron chi connectivity index (χ1n) is 9.82. The van der Waals surface area contributed by atoms with Gasteiger partial charge in [-0.05, 0) is 47.7 Å². The van der Waals surface area contributed by atoms with Crippen LogP contribution in [0.1, 0.15) is 31.4 Å². The van der Waals surface area contributed by atoms with Gasteiger partial charge in [0.05, 0.1) is 6.20 Å². The minimum absolute atomic E-state index is 0.0226. The number of fused-ring (bicyclic) bond motifs is 2. The highest BCUT2D eigenvalue weighted by Gasteiger charge is 2.34.